The minimum atomic E-state index is -0.491. The van der Waals surface area contributed by atoms with Crippen molar-refractivity contribution in [1.29, 1.82) is 0 Å². The zero-order valence-electron chi connectivity index (χ0n) is 14.5. The highest BCUT2D eigenvalue weighted by Gasteiger charge is 2.13. The van der Waals surface area contributed by atoms with Gasteiger partial charge in [-0.15, -0.1) is 5.10 Å². The van der Waals surface area contributed by atoms with Crippen LogP contribution in [0.4, 0.5) is 4.39 Å². The average molecular weight is 416 g/mol. The molecular formula is C20H12Cl2FN3O2. The van der Waals surface area contributed by atoms with Crippen molar-refractivity contribution in [3.05, 3.63) is 86.6 Å². The number of ether oxygens (including phenoxy) is 1. The van der Waals surface area contributed by atoms with E-state index in [9.17, 15) is 9.18 Å². The summed E-state index contributed by atoms with van der Waals surface area (Å²) < 4.78 is 20.9. The molecule has 5 nitrogen and oxygen atoms in total. The maximum absolute atomic E-state index is 14.0. The molecule has 2 aromatic heterocycles. The third kappa shape index (κ3) is 3.56. The molecule has 0 aliphatic carbocycles. The lowest BCUT2D eigenvalue weighted by molar-refractivity contribution is 0.419. The lowest BCUT2D eigenvalue weighted by Gasteiger charge is -2.10. The number of halogens is 3. The summed E-state index contributed by atoms with van der Waals surface area (Å²) >= 11 is 12.1. The highest BCUT2D eigenvalue weighted by atomic mass is 35.5. The largest absolute Gasteiger partial charge is 0.435 e. The van der Waals surface area contributed by atoms with Crippen LogP contribution < -0.4 is 10.3 Å². The van der Waals surface area contributed by atoms with E-state index in [4.69, 9.17) is 27.9 Å². The second-order valence-electron chi connectivity index (χ2n) is 6.12. The summed E-state index contributed by atoms with van der Waals surface area (Å²) in [5.41, 5.74) is 1.64. The number of hydrogen-bond acceptors (Lipinski definition) is 4. The van der Waals surface area contributed by atoms with Gasteiger partial charge in [-0.25, -0.2) is 8.91 Å². The number of benzene rings is 2. The third-order valence-electron chi connectivity index (χ3n) is 4.04. The molecule has 0 radical (unpaired) electrons. The molecule has 0 spiro atoms. The van der Waals surface area contributed by atoms with Crippen LogP contribution in [-0.4, -0.2) is 14.6 Å². The molecule has 4 aromatic rings. The third-order valence-corrected chi connectivity index (χ3v) is 4.48. The number of hydrogen-bond donors (Lipinski definition) is 0. The van der Waals surface area contributed by atoms with Gasteiger partial charge >= 0.3 is 0 Å². The Kier molecular flexibility index (Phi) is 4.75. The number of nitrogens with zero attached hydrogens (tertiary/aromatic N) is 3. The Bertz CT molecular complexity index is 1250. The summed E-state index contributed by atoms with van der Waals surface area (Å²) in [5.74, 6) is -0.293. The van der Waals surface area contributed by atoms with Gasteiger partial charge in [0.2, 0.25) is 5.88 Å². The first kappa shape index (κ1) is 18.4. The second-order valence-corrected chi connectivity index (χ2v) is 6.99. The molecule has 0 aliphatic heterocycles. The molecule has 0 bridgehead atoms. The van der Waals surface area contributed by atoms with Gasteiger partial charge in [0.1, 0.15) is 6.33 Å². The molecule has 0 aliphatic rings. The van der Waals surface area contributed by atoms with Crippen molar-refractivity contribution in [1.82, 2.24) is 14.6 Å². The molecule has 0 unspecified atom stereocenters. The first-order valence-electron chi connectivity index (χ1n) is 8.20. The molecule has 28 heavy (non-hydrogen) atoms. The van der Waals surface area contributed by atoms with E-state index in [1.165, 1.54) is 23.0 Å². The van der Waals surface area contributed by atoms with E-state index >= 15 is 0 Å². The predicted molar refractivity (Wildman–Crippen MR) is 106 cm³/mol. The van der Waals surface area contributed by atoms with Gasteiger partial charge in [0.05, 0.1) is 11.1 Å². The minimum absolute atomic E-state index is 0.0494. The van der Waals surface area contributed by atoms with E-state index in [1.807, 2.05) is 0 Å². The molecule has 0 fully saturated rings. The van der Waals surface area contributed by atoms with Crippen molar-refractivity contribution in [2.24, 2.45) is 0 Å². The maximum Gasteiger partial charge on any atom is 0.281 e. The van der Waals surface area contributed by atoms with E-state index in [0.717, 1.165) is 5.56 Å². The molecule has 0 atom stereocenters. The molecule has 0 saturated carbocycles. The Balaban J connectivity index is 1.81. The Morgan fingerprint density at radius 3 is 2.50 bits per heavy atom. The van der Waals surface area contributed by atoms with Crippen LogP contribution in [0.25, 0.3) is 16.6 Å². The van der Waals surface area contributed by atoms with Crippen molar-refractivity contribution >= 4 is 28.7 Å². The van der Waals surface area contributed by atoms with Gasteiger partial charge in [-0.1, -0.05) is 29.3 Å². The van der Waals surface area contributed by atoms with Crippen molar-refractivity contribution in [2.45, 2.75) is 6.92 Å². The van der Waals surface area contributed by atoms with E-state index in [-0.39, 0.29) is 11.6 Å². The van der Waals surface area contributed by atoms with Crippen LogP contribution in [0, 0.1) is 12.7 Å². The van der Waals surface area contributed by atoms with Crippen LogP contribution in [0.3, 0.4) is 0 Å². The topological polar surface area (TPSA) is 56.5 Å². The van der Waals surface area contributed by atoms with Crippen LogP contribution in [-0.2, 0) is 0 Å². The fourth-order valence-corrected chi connectivity index (χ4v) is 3.34. The zero-order chi connectivity index (χ0) is 19.8. The smallest absolute Gasteiger partial charge is 0.281 e. The van der Waals surface area contributed by atoms with Gasteiger partial charge in [0.15, 0.2) is 11.6 Å². The summed E-state index contributed by atoms with van der Waals surface area (Å²) in [6, 6.07) is 12.6. The molecule has 2 heterocycles. The fraction of sp³-hybridized carbons (Fsp3) is 0.0500. The lowest BCUT2D eigenvalue weighted by Crippen LogP contribution is -2.13. The summed E-state index contributed by atoms with van der Waals surface area (Å²) in [4.78, 5) is 16.2. The Hall–Kier alpha value is -2.96. The van der Waals surface area contributed by atoms with Crippen molar-refractivity contribution in [2.75, 3.05) is 0 Å². The SMILES string of the molecule is Cc1ccc(Oc2ccc3c(-c4cc(Cl)cc(Cl)c4)c(=O)ncn3n2)c(F)c1. The van der Waals surface area contributed by atoms with Gasteiger partial charge in [0.25, 0.3) is 5.56 Å². The molecule has 8 heteroatoms. The molecule has 0 saturated heterocycles. The quantitative estimate of drug-likeness (QED) is 0.455. The summed E-state index contributed by atoms with van der Waals surface area (Å²) in [6.45, 7) is 1.78. The van der Waals surface area contributed by atoms with Crippen molar-refractivity contribution in [3.63, 3.8) is 0 Å². The lowest BCUT2D eigenvalue weighted by atomic mass is 10.1. The van der Waals surface area contributed by atoms with Crippen LogP contribution in [0.5, 0.6) is 11.6 Å². The first-order chi connectivity index (χ1) is 13.4. The highest BCUT2D eigenvalue weighted by Crippen LogP contribution is 2.29. The number of aryl methyl sites for hydroxylation is 1. The molecule has 4 rings (SSSR count). The number of fused-ring (bicyclic) bond motifs is 1. The second kappa shape index (κ2) is 7.22. The standard InChI is InChI=1S/C20H12Cl2FN3O2/c1-11-2-4-17(15(23)6-11)28-18-5-3-16-19(20(27)24-10-26(16)25-18)12-7-13(21)9-14(22)8-12/h2-10H,1H3. The minimum Gasteiger partial charge on any atom is -0.435 e. The fourth-order valence-electron chi connectivity index (χ4n) is 2.81. The van der Waals surface area contributed by atoms with Crippen molar-refractivity contribution < 1.29 is 9.13 Å². The van der Waals surface area contributed by atoms with E-state index < -0.39 is 11.4 Å². The summed E-state index contributed by atoms with van der Waals surface area (Å²) in [5, 5.41) is 5.06. The zero-order valence-corrected chi connectivity index (χ0v) is 16.0. The Morgan fingerprint density at radius 2 is 1.79 bits per heavy atom. The van der Waals surface area contributed by atoms with Crippen LogP contribution in [0.15, 0.2) is 59.7 Å². The Labute approximate surface area is 168 Å². The molecule has 2 aromatic carbocycles. The monoisotopic (exact) mass is 415 g/mol. The maximum atomic E-state index is 14.0. The van der Waals surface area contributed by atoms with Crippen molar-refractivity contribution in [3.8, 4) is 22.8 Å². The van der Waals surface area contributed by atoms with E-state index in [0.29, 0.717) is 26.7 Å². The van der Waals surface area contributed by atoms with E-state index in [2.05, 4.69) is 10.1 Å². The average Bonchev–Trinajstić information content (AvgIpc) is 2.63. The van der Waals surface area contributed by atoms with Crippen LogP contribution in [0.2, 0.25) is 10.0 Å². The van der Waals surface area contributed by atoms with Gasteiger partial charge in [-0.2, -0.15) is 4.98 Å². The van der Waals surface area contributed by atoms with Crippen LogP contribution >= 0.6 is 23.2 Å². The van der Waals surface area contributed by atoms with Gasteiger partial charge in [-0.3, -0.25) is 4.79 Å². The van der Waals surface area contributed by atoms with Gasteiger partial charge < -0.3 is 4.74 Å². The molecule has 140 valence electrons. The molecule has 0 amide bonds. The number of aromatic nitrogens is 3. The molecule has 0 N–H and O–H groups in total. The van der Waals surface area contributed by atoms with Gasteiger partial charge in [0, 0.05) is 16.1 Å². The highest BCUT2D eigenvalue weighted by molar-refractivity contribution is 6.35. The summed E-state index contributed by atoms with van der Waals surface area (Å²) in [7, 11) is 0. The summed E-state index contributed by atoms with van der Waals surface area (Å²) in [6.07, 6.45) is 1.27. The Morgan fingerprint density at radius 1 is 1.04 bits per heavy atom. The number of rotatable bonds is 3. The van der Waals surface area contributed by atoms with Gasteiger partial charge in [-0.05, 0) is 54.4 Å². The predicted octanol–water partition coefficient (Wildman–Crippen LogP) is 5.30. The first-order valence-corrected chi connectivity index (χ1v) is 8.95. The van der Waals surface area contributed by atoms with E-state index in [1.54, 1.807) is 43.3 Å². The van der Waals surface area contributed by atoms with Crippen LogP contribution in [0.1, 0.15) is 5.56 Å². The molecular weight excluding hydrogens is 404 g/mol. The normalized spacial score (nSPS) is 11.0.